The van der Waals surface area contributed by atoms with E-state index in [9.17, 15) is 0 Å². The Morgan fingerprint density at radius 2 is 2.24 bits per heavy atom. The second kappa shape index (κ2) is 4.94. The van der Waals surface area contributed by atoms with E-state index >= 15 is 0 Å². The average Bonchev–Trinajstić information content (AvgIpc) is 2.69. The van der Waals surface area contributed by atoms with Crippen LogP contribution in [0.4, 0.5) is 11.4 Å². The first kappa shape index (κ1) is 12.2. The molecule has 1 aromatic carbocycles. The minimum absolute atomic E-state index is 0.136. The number of rotatable bonds is 3. The van der Waals surface area contributed by atoms with E-state index in [4.69, 9.17) is 17.3 Å². The Morgan fingerprint density at radius 1 is 1.47 bits per heavy atom. The van der Waals surface area contributed by atoms with Gasteiger partial charge in [0.2, 0.25) is 0 Å². The van der Waals surface area contributed by atoms with Gasteiger partial charge in [-0.3, -0.25) is 0 Å². The molecule has 0 radical (unpaired) electrons. The van der Waals surface area contributed by atoms with Gasteiger partial charge >= 0.3 is 0 Å². The molecule has 1 aromatic heterocycles. The predicted octanol–water partition coefficient (Wildman–Crippen LogP) is 3.86. The lowest BCUT2D eigenvalue weighted by molar-refractivity contribution is 0.864. The molecule has 1 heterocycles. The van der Waals surface area contributed by atoms with Crippen LogP contribution in [-0.4, -0.2) is 4.98 Å². The highest BCUT2D eigenvalue weighted by Crippen LogP contribution is 2.27. The Balaban J connectivity index is 2.15. The van der Waals surface area contributed by atoms with Crippen LogP contribution in [0.25, 0.3) is 0 Å². The topological polar surface area (TPSA) is 50.9 Å². The molecule has 0 saturated heterocycles. The second-order valence-electron chi connectivity index (χ2n) is 3.92. The zero-order valence-corrected chi connectivity index (χ0v) is 11.3. The molecule has 0 saturated carbocycles. The van der Waals surface area contributed by atoms with Crippen LogP contribution in [0, 0.1) is 6.92 Å². The normalized spacial score (nSPS) is 12.4. The fraction of sp³-hybridized carbons (Fsp3) is 0.250. The van der Waals surface area contributed by atoms with Crippen LogP contribution in [0.3, 0.4) is 0 Å². The van der Waals surface area contributed by atoms with Gasteiger partial charge in [-0.05, 0) is 32.0 Å². The van der Waals surface area contributed by atoms with Crippen molar-refractivity contribution in [3.05, 3.63) is 39.3 Å². The first-order valence-corrected chi connectivity index (χ1v) is 6.55. The highest BCUT2D eigenvalue weighted by molar-refractivity contribution is 7.09. The molecule has 3 N–H and O–H groups in total. The number of thiazole rings is 1. The van der Waals surface area contributed by atoms with E-state index in [0.717, 1.165) is 16.4 Å². The van der Waals surface area contributed by atoms with Crippen molar-refractivity contribution in [3.63, 3.8) is 0 Å². The third-order valence-electron chi connectivity index (χ3n) is 2.39. The summed E-state index contributed by atoms with van der Waals surface area (Å²) in [6, 6.07) is 5.58. The summed E-state index contributed by atoms with van der Waals surface area (Å²) >= 11 is 7.50. The molecule has 0 aliphatic heterocycles. The van der Waals surface area contributed by atoms with Gasteiger partial charge in [0.25, 0.3) is 0 Å². The zero-order valence-electron chi connectivity index (χ0n) is 9.70. The SMILES string of the molecule is Cc1csc(C(C)Nc2ccc(Cl)cc2N)n1. The minimum atomic E-state index is 0.136. The molecule has 2 rings (SSSR count). The highest BCUT2D eigenvalue weighted by atomic mass is 35.5. The number of nitrogen functional groups attached to an aromatic ring is 1. The molecule has 0 aliphatic rings. The summed E-state index contributed by atoms with van der Waals surface area (Å²) in [5, 5.41) is 7.07. The third kappa shape index (κ3) is 2.90. The van der Waals surface area contributed by atoms with Crippen LogP contribution in [-0.2, 0) is 0 Å². The smallest absolute Gasteiger partial charge is 0.115 e. The molecule has 1 unspecified atom stereocenters. The van der Waals surface area contributed by atoms with E-state index in [1.165, 1.54) is 0 Å². The summed E-state index contributed by atoms with van der Waals surface area (Å²) in [5.74, 6) is 0. The number of nitrogens with zero attached hydrogens (tertiary/aromatic N) is 1. The number of benzene rings is 1. The monoisotopic (exact) mass is 267 g/mol. The summed E-state index contributed by atoms with van der Waals surface area (Å²) in [7, 11) is 0. The quantitative estimate of drug-likeness (QED) is 0.831. The first-order chi connectivity index (χ1) is 8.06. The molecule has 90 valence electrons. The lowest BCUT2D eigenvalue weighted by Gasteiger charge is -2.14. The van der Waals surface area contributed by atoms with Crippen LogP contribution < -0.4 is 11.1 Å². The molecule has 1 atom stereocenters. The van der Waals surface area contributed by atoms with Gasteiger partial charge in [0.05, 0.1) is 17.4 Å². The molecular formula is C12H14ClN3S. The number of aryl methyl sites for hydroxylation is 1. The maximum absolute atomic E-state index is 5.89. The van der Waals surface area contributed by atoms with E-state index in [-0.39, 0.29) is 6.04 Å². The number of hydrogen-bond acceptors (Lipinski definition) is 4. The Kier molecular flexibility index (Phi) is 3.54. The maximum Gasteiger partial charge on any atom is 0.115 e. The molecule has 5 heteroatoms. The van der Waals surface area contributed by atoms with Crippen molar-refractivity contribution in [2.24, 2.45) is 0 Å². The molecule has 0 amide bonds. The molecule has 0 aliphatic carbocycles. The standard InChI is InChI=1S/C12H14ClN3S/c1-7-6-17-12(15-7)8(2)16-11-4-3-9(13)5-10(11)14/h3-6,8,16H,14H2,1-2H3. The Labute approximate surface area is 110 Å². The molecule has 2 aromatic rings. The summed E-state index contributed by atoms with van der Waals surface area (Å²) in [6.45, 7) is 4.05. The Morgan fingerprint density at radius 3 is 2.82 bits per heavy atom. The van der Waals surface area contributed by atoms with Crippen molar-refractivity contribution >= 4 is 34.3 Å². The van der Waals surface area contributed by atoms with Crippen molar-refractivity contribution in [1.82, 2.24) is 4.98 Å². The third-order valence-corrected chi connectivity index (χ3v) is 3.77. The van der Waals surface area contributed by atoms with E-state index in [2.05, 4.69) is 17.2 Å². The van der Waals surface area contributed by atoms with Crippen LogP contribution in [0.2, 0.25) is 5.02 Å². The van der Waals surface area contributed by atoms with E-state index in [0.29, 0.717) is 10.7 Å². The fourth-order valence-electron chi connectivity index (χ4n) is 1.53. The summed E-state index contributed by atoms with van der Waals surface area (Å²) in [4.78, 5) is 4.44. The van der Waals surface area contributed by atoms with Gasteiger partial charge in [0, 0.05) is 16.1 Å². The number of halogens is 1. The fourth-order valence-corrected chi connectivity index (χ4v) is 2.52. The van der Waals surface area contributed by atoms with E-state index < -0.39 is 0 Å². The number of hydrogen-bond donors (Lipinski definition) is 2. The molecular weight excluding hydrogens is 254 g/mol. The van der Waals surface area contributed by atoms with Crippen molar-refractivity contribution in [2.75, 3.05) is 11.1 Å². The molecule has 0 fully saturated rings. The van der Waals surface area contributed by atoms with Crippen LogP contribution in [0.15, 0.2) is 23.6 Å². The van der Waals surface area contributed by atoms with Crippen molar-refractivity contribution in [3.8, 4) is 0 Å². The van der Waals surface area contributed by atoms with Crippen molar-refractivity contribution < 1.29 is 0 Å². The molecule has 17 heavy (non-hydrogen) atoms. The van der Waals surface area contributed by atoms with Gasteiger partial charge < -0.3 is 11.1 Å². The van der Waals surface area contributed by atoms with Gasteiger partial charge in [-0.2, -0.15) is 0 Å². The summed E-state index contributed by atoms with van der Waals surface area (Å²) in [5.41, 5.74) is 8.47. The average molecular weight is 268 g/mol. The van der Waals surface area contributed by atoms with Crippen molar-refractivity contribution in [1.29, 1.82) is 0 Å². The van der Waals surface area contributed by atoms with E-state index in [1.807, 2.05) is 24.4 Å². The first-order valence-electron chi connectivity index (χ1n) is 5.30. The minimum Gasteiger partial charge on any atom is -0.397 e. The lowest BCUT2D eigenvalue weighted by Crippen LogP contribution is -2.08. The molecule has 0 bridgehead atoms. The zero-order chi connectivity index (χ0) is 12.4. The second-order valence-corrected chi connectivity index (χ2v) is 5.25. The summed E-state index contributed by atoms with van der Waals surface area (Å²) < 4.78 is 0. The largest absolute Gasteiger partial charge is 0.397 e. The molecule has 3 nitrogen and oxygen atoms in total. The van der Waals surface area contributed by atoms with Crippen molar-refractivity contribution in [2.45, 2.75) is 19.9 Å². The number of nitrogens with two attached hydrogens (primary N) is 1. The van der Waals surface area contributed by atoms with Crippen LogP contribution in [0.1, 0.15) is 23.7 Å². The van der Waals surface area contributed by atoms with E-state index in [1.54, 1.807) is 17.4 Å². The summed E-state index contributed by atoms with van der Waals surface area (Å²) in [6.07, 6.45) is 0. The predicted molar refractivity (Wildman–Crippen MR) is 74.8 cm³/mol. The van der Waals surface area contributed by atoms with Gasteiger partial charge in [-0.15, -0.1) is 11.3 Å². The number of anilines is 2. The van der Waals surface area contributed by atoms with Crippen LogP contribution >= 0.6 is 22.9 Å². The Hall–Kier alpha value is -1.26. The van der Waals surface area contributed by atoms with Gasteiger partial charge in [-0.1, -0.05) is 11.6 Å². The van der Waals surface area contributed by atoms with Gasteiger partial charge in [0.1, 0.15) is 5.01 Å². The maximum atomic E-state index is 5.89. The Bertz CT molecular complexity index is 524. The van der Waals surface area contributed by atoms with Crippen LogP contribution in [0.5, 0.6) is 0 Å². The number of aromatic nitrogens is 1. The lowest BCUT2D eigenvalue weighted by atomic mass is 10.2. The van der Waals surface area contributed by atoms with Gasteiger partial charge in [-0.25, -0.2) is 4.98 Å². The molecule has 0 spiro atoms. The number of nitrogens with one attached hydrogen (secondary N) is 1. The highest BCUT2D eigenvalue weighted by Gasteiger charge is 2.10. The van der Waals surface area contributed by atoms with Gasteiger partial charge in [0.15, 0.2) is 0 Å².